The molecule has 6 heteroatoms. The van der Waals surface area contributed by atoms with Crippen LogP contribution in [0, 0.1) is 0 Å². The van der Waals surface area contributed by atoms with Gasteiger partial charge in [-0.15, -0.1) is 0 Å². The molecular weight excluding hydrogens is 402 g/mol. The number of nitrogens with one attached hydrogen (secondary N) is 1. The summed E-state index contributed by atoms with van der Waals surface area (Å²) in [7, 11) is -4.82. The topological polar surface area (TPSA) is 63.2 Å². The lowest BCUT2D eigenvalue weighted by atomic mass is 9.98. The van der Waals surface area contributed by atoms with E-state index in [0.717, 1.165) is 21.6 Å². The molecule has 0 aromatic heterocycles. The minimum Gasteiger partial charge on any atom is -0.280 e. The predicted molar refractivity (Wildman–Crippen MR) is 118 cm³/mol. The van der Waals surface area contributed by atoms with E-state index in [4.69, 9.17) is 0 Å². The molecule has 0 heterocycles. The summed E-state index contributed by atoms with van der Waals surface area (Å²) < 4.78 is 41.0. The number of anilines is 1. The molecule has 1 aliphatic rings. The predicted octanol–water partition coefficient (Wildman–Crippen LogP) is 4.72. The molecule has 3 aromatic carbocycles. The van der Waals surface area contributed by atoms with E-state index in [9.17, 15) is 12.6 Å². The van der Waals surface area contributed by atoms with Crippen molar-refractivity contribution in [2.45, 2.75) is 23.5 Å². The first-order valence-corrected chi connectivity index (χ1v) is 12.2. The Hall–Kier alpha value is -2.70. The molecule has 1 aliphatic carbocycles. The van der Waals surface area contributed by atoms with Crippen molar-refractivity contribution in [3.63, 3.8) is 0 Å². The van der Waals surface area contributed by atoms with Crippen molar-refractivity contribution in [1.29, 1.82) is 0 Å². The van der Waals surface area contributed by atoms with Crippen LogP contribution in [0.2, 0.25) is 0 Å². The fourth-order valence-electron chi connectivity index (χ4n) is 3.37. The zero-order valence-corrected chi connectivity index (χ0v) is 17.4. The monoisotopic (exact) mass is 423 g/mol. The molecule has 0 radical (unpaired) electrons. The van der Waals surface area contributed by atoms with Crippen molar-refractivity contribution in [1.82, 2.24) is 0 Å². The number of sulfonamides is 1. The molecule has 29 heavy (non-hydrogen) atoms. The van der Waals surface area contributed by atoms with Gasteiger partial charge in [-0.25, -0.2) is 8.42 Å². The molecular formula is C23H21NO3S2. The zero-order valence-electron chi connectivity index (χ0n) is 15.7. The SMILES string of the molecule is O=[S@@](Cc1cccc(NS(=O)(=O)C2=Cc3ccccc3CC2)c1)c1ccccc1. The van der Waals surface area contributed by atoms with Crippen LogP contribution >= 0.6 is 0 Å². The number of hydrogen-bond acceptors (Lipinski definition) is 3. The fourth-order valence-corrected chi connectivity index (χ4v) is 5.70. The van der Waals surface area contributed by atoms with Crippen LogP contribution in [0.1, 0.15) is 23.1 Å². The van der Waals surface area contributed by atoms with E-state index >= 15 is 0 Å². The molecule has 1 N–H and O–H groups in total. The Labute approximate surface area is 173 Å². The second-order valence-electron chi connectivity index (χ2n) is 6.92. The standard InChI is InChI=1S/C23H21NO3S2/c25-28(22-11-2-1-3-12-22)17-18-7-6-10-21(15-18)24-29(26,27)23-14-13-19-8-4-5-9-20(19)16-23/h1-12,15-16,24H,13-14,17H2/t28-/m0/s1. The van der Waals surface area contributed by atoms with Crippen LogP contribution < -0.4 is 4.72 Å². The van der Waals surface area contributed by atoms with Crippen molar-refractivity contribution >= 4 is 32.6 Å². The van der Waals surface area contributed by atoms with Gasteiger partial charge in [0, 0.05) is 10.6 Å². The molecule has 0 saturated heterocycles. The van der Waals surface area contributed by atoms with Crippen molar-refractivity contribution in [3.05, 3.63) is 100 Å². The molecule has 0 unspecified atom stereocenters. The Morgan fingerprint density at radius 3 is 2.45 bits per heavy atom. The maximum atomic E-state index is 12.9. The third kappa shape index (κ3) is 4.66. The first-order valence-electron chi connectivity index (χ1n) is 9.35. The molecule has 0 saturated carbocycles. The highest BCUT2D eigenvalue weighted by atomic mass is 32.2. The molecule has 0 amide bonds. The van der Waals surface area contributed by atoms with E-state index in [-0.39, 0.29) is 0 Å². The molecule has 0 bridgehead atoms. The van der Waals surface area contributed by atoms with Gasteiger partial charge < -0.3 is 0 Å². The van der Waals surface area contributed by atoms with E-state index in [2.05, 4.69) is 4.72 Å². The van der Waals surface area contributed by atoms with E-state index in [1.165, 1.54) is 0 Å². The van der Waals surface area contributed by atoms with Crippen LogP contribution in [0.4, 0.5) is 5.69 Å². The van der Waals surface area contributed by atoms with Crippen LogP contribution in [0.3, 0.4) is 0 Å². The lowest BCUT2D eigenvalue weighted by Gasteiger charge is -2.17. The van der Waals surface area contributed by atoms with Crippen molar-refractivity contribution in [2.75, 3.05) is 4.72 Å². The summed E-state index contributed by atoms with van der Waals surface area (Å²) in [6.07, 6.45) is 2.93. The van der Waals surface area contributed by atoms with Gasteiger partial charge in [-0.05, 0) is 59.9 Å². The maximum absolute atomic E-state index is 12.9. The molecule has 0 fully saturated rings. The van der Waals surface area contributed by atoms with Gasteiger partial charge in [0.15, 0.2) is 0 Å². The third-order valence-corrected chi connectivity index (χ3v) is 7.75. The van der Waals surface area contributed by atoms with Gasteiger partial charge in [0.2, 0.25) is 0 Å². The normalized spacial score (nSPS) is 14.6. The highest BCUT2D eigenvalue weighted by molar-refractivity contribution is 7.96. The molecule has 1 atom stereocenters. The van der Waals surface area contributed by atoms with Gasteiger partial charge in [-0.2, -0.15) is 0 Å². The van der Waals surface area contributed by atoms with Crippen molar-refractivity contribution in [3.8, 4) is 0 Å². The van der Waals surface area contributed by atoms with Gasteiger partial charge in [0.1, 0.15) is 0 Å². The van der Waals surface area contributed by atoms with Gasteiger partial charge in [0.25, 0.3) is 10.0 Å². The molecule has 0 aliphatic heterocycles. The van der Waals surface area contributed by atoms with E-state index in [1.807, 2.05) is 60.7 Å². The number of hydrogen-bond donors (Lipinski definition) is 1. The van der Waals surface area contributed by atoms with Crippen LogP contribution in [0.25, 0.3) is 6.08 Å². The Bertz CT molecular complexity index is 1190. The van der Waals surface area contributed by atoms with E-state index in [0.29, 0.717) is 29.2 Å². The first-order chi connectivity index (χ1) is 14.0. The average molecular weight is 424 g/mol. The number of benzene rings is 3. The second-order valence-corrected chi connectivity index (χ2v) is 10.1. The zero-order chi connectivity index (χ0) is 20.3. The third-order valence-electron chi connectivity index (χ3n) is 4.84. The summed E-state index contributed by atoms with van der Waals surface area (Å²) >= 11 is 0. The number of fused-ring (bicyclic) bond motifs is 1. The first kappa shape index (κ1) is 19.6. The maximum Gasteiger partial charge on any atom is 0.258 e. The van der Waals surface area contributed by atoms with E-state index < -0.39 is 20.8 Å². The summed E-state index contributed by atoms with van der Waals surface area (Å²) in [4.78, 5) is 1.14. The highest BCUT2D eigenvalue weighted by Gasteiger charge is 2.21. The number of allylic oxidation sites excluding steroid dienone is 1. The molecule has 4 nitrogen and oxygen atoms in total. The second kappa shape index (κ2) is 8.35. The summed E-state index contributed by atoms with van der Waals surface area (Å²) in [5.74, 6) is 0.329. The summed E-state index contributed by atoms with van der Waals surface area (Å²) in [5.41, 5.74) is 3.41. The Balaban J connectivity index is 1.52. The summed E-state index contributed by atoms with van der Waals surface area (Å²) in [5, 5.41) is 0. The summed E-state index contributed by atoms with van der Waals surface area (Å²) in [6, 6.07) is 24.2. The van der Waals surface area contributed by atoms with E-state index in [1.54, 1.807) is 24.3 Å². The molecule has 4 rings (SSSR count). The molecule has 3 aromatic rings. The molecule has 0 spiro atoms. The average Bonchev–Trinajstić information content (AvgIpc) is 2.74. The molecule has 148 valence electrons. The van der Waals surface area contributed by atoms with Crippen LogP contribution in [0.15, 0.2) is 88.7 Å². The van der Waals surface area contributed by atoms with Crippen LogP contribution in [-0.4, -0.2) is 12.6 Å². The van der Waals surface area contributed by atoms with Crippen molar-refractivity contribution in [2.24, 2.45) is 0 Å². The number of rotatable bonds is 6. The largest absolute Gasteiger partial charge is 0.280 e. The number of aryl methyl sites for hydroxylation is 1. The Morgan fingerprint density at radius 1 is 0.862 bits per heavy atom. The smallest absolute Gasteiger partial charge is 0.258 e. The summed E-state index contributed by atoms with van der Waals surface area (Å²) in [6.45, 7) is 0. The highest BCUT2D eigenvalue weighted by Crippen LogP contribution is 2.28. The minimum absolute atomic E-state index is 0.329. The van der Waals surface area contributed by atoms with Gasteiger partial charge in [-0.1, -0.05) is 54.6 Å². The van der Waals surface area contributed by atoms with Gasteiger partial charge >= 0.3 is 0 Å². The van der Waals surface area contributed by atoms with Gasteiger partial charge in [0.05, 0.1) is 21.5 Å². The van der Waals surface area contributed by atoms with Crippen LogP contribution in [0.5, 0.6) is 0 Å². The van der Waals surface area contributed by atoms with Crippen molar-refractivity contribution < 1.29 is 12.6 Å². The van der Waals surface area contributed by atoms with Crippen LogP contribution in [-0.2, 0) is 33.0 Å². The fraction of sp³-hybridized carbons (Fsp3) is 0.130. The quantitative estimate of drug-likeness (QED) is 0.624. The lowest BCUT2D eigenvalue weighted by Crippen LogP contribution is -2.17. The lowest BCUT2D eigenvalue weighted by molar-refractivity contribution is 0.605. The Kier molecular flexibility index (Phi) is 5.65. The van der Waals surface area contributed by atoms with Gasteiger partial charge in [-0.3, -0.25) is 8.93 Å². The minimum atomic E-state index is -3.64. The Morgan fingerprint density at radius 2 is 1.62 bits per heavy atom.